The van der Waals surface area contributed by atoms with Gasteiger partial charge in [0.1, 0.15) is 10.6 Å². The molecule has 1 aliphatic rings. The zero-order chi connectivity index (χ0) is 22.6. The predicted molar refractivity (Wildman–Crippen MR) is 116 cm³/mol. The lowest BCUT2D eigenvalue weighted by molar-refractivity contribution is -0.119. The van der Waals surface area contributed by atoms with Crippen molar-refractivity contribution in [2.24, 2.45) is 0 Å². The molecule has 0 saturated carbocycles. The molecule has 0 unspecified atom stereocenters. The molecule has 2 heterocycles. The van der Waals surface area contributed by atoms with Crippen LogP contribution in [0.2, 0.25) is 0 Å². The van der Waals surface area contributed by atoms with Gasteiger partial charge in [-0.25, -0.2) is 13.2 Å². The van der Waals surface area contributed by atoms with E-state index in [9.17, 15) is 18.0 Å². The molecule has 31 heavy (non-hydrogen) atoms. The summed E-state index contributed by atoms with van der Waals surface area (Å²) >= 11 is 1.13. The van der Waals surface area contributed by atoms with Crippen LogP contribution < -0.4 is 10.6 Å². The van der Waals surface area contributed by atoms with Gasteiger partial charge in [0, 0.05) is 25.8 Å². The van der Waals surface area contributed by atoms with Gasteiger partial charge >= 0.3 is 5.97 Å². The average Bonchev–Trinajstić information content (AvgIpc) is 3.14. The van der Waals surface area contributed by atoms with Crippen molar-refractivity contribution in [1.82, 2.24) is 8.68 Å². The van der Waals surface area contributed by atoms with Gasteiger partial charge in [-0.2, -0.15) is 8.68 Å². The monoisotopic (exact) mass is 468 g/mol. The van der Waals surface area contributed by atoms with Crippen molar-refractivity contribution in [3.05, 3.63) is 35.0 Å². The van der Waals surface area contributed by atoms with Crippen molar-refractivity contribution in [2.45, 2.75) is 18.7 Å². The molecule has 0 atom stereocenters. The zero-order valence-electron chi connectivity index (χ0n) is 17.4. The fourth-order valence-corrected chi connectivity index (χ4v) is 5.45. The SMILES string of the molecule is CNc1snc(C)c1C(=O)OCC(=O)Nc1ccc(C)c(S(=O)(=O)N2CCOCC2)c1. The summed E-state index contributed by atoms with van der Waals surface area (Å²) in [5.41, 5.74) is 1.66. The molecular formula is C19H24N4O6S2. The fourth-order valence-electron chi connectivity index (χ4n) is 3.06. The molecule has 1 fully saturated rings. The number of esters is 1. The number of morpholine rings is 1. The topological polar surface area (TPSA) is 127 Å². The standard InChI is InChI=1S/C19H24N4O6S2/c1-12-4-5-14(10-15(12)31(26,27)23-6-8-28-9-7-23)21-16(24)11-29-19(25)17-13(2)22-30-18(17)20-3/h4-5,10,20H,6-9,11H2,1-3H3,(H,21,24). The van der Waals surface area contributed by atoms with E-state index in [1.54, 1.807) is 33.0 Å². The first-order valence-corrected chi connectivity index (χ1v) is 11.7. The molecule has 1 aromatic heterocycles. The number of sulfonamides is 1. The third-order valence-electron chi connectivity index (χ3n) is 4.69. The van der Waals surface area contributed by atoms with E-state index < -0.39 is 28.5 Å². The Morgan fingerprint density at radius 3 is 2.65 bits per heavy atom. The second-order valence-electron chi connectivity index (χ2n) is 6.84. The Kier molecular flexibility index (Phi) is 7.26. The Bertz CT molecular complexity index is 1080. The highest BCUT2D eigenvalue weighted by molar-refractivity contribution is 7.89. The van der Waals surface area contributed by atoms with Crippen LogP contribution in [-0.2, 0) is 24.3 Å². The molecule has 2 N–H and O–H groups in total. The lowest BCUT2D eigenvalue weighted by Crippen LogP contribution is -2.40. The lowest BCUT2D eigenvalue weighted by atomic mass is 10.2. The minimum atomic E-state index is -3.71. The fraction of sp³-hybridized carbons (Fsp3) is 0.421. The Morgan fingerprint density at radius 2 is 1.97 bits per heavy atom. The molecule has 0 aliphatic carbocycles. The first-order chi connectivity index (χ1) is 14.7. The second-order valence-corrected chi connectivity index (χ2v) is 9.52. The van der Waals surface area contributed by atoms with Gasteiger partial charge in [0.2, 0.25) is 10.0 Å². The number of anilines is 2. The van der Waals surface area contributed by atoms with E-state index >= 15 is 0 Å². The summed E-state index contributed by atoms with van der Waals surface area (Å²) < 4.78 is 41.7. The van der Waals surface area contributed by atoms with E-state index in [4.69, 9.17) is 9.47 Å². The minimum Gasteiger partial charge on any atom is -0.452 e. The number of carbonyl (C=O) groups excluding carboxylic acids is 2. The highest BCUT2D eigenvalue weighted by Crippen LogP contribution is 2.26. The van der Waals surface area contributed by atoms with Crippen LogP contribution in [0, 0.1) is 13.8 Å². The number of aryl methyl sites for hydroxylation is 2. The zero-order valence-corrected chi connectivity index (χ0v) is 19.1. The number of benzene rings is 1. The number of hydrogen-bond donors (Lipinski definition) is 2. The first kappa shape index (κ1) is 23.1. The second kappa shape index (κ2) is 9.73. The molecule has 3 rings (SSSR count). The number of carbonyl (C=O) groups is 2. The molecule has 0 spiro atoms. The quantitative estimate of drug-likeness (QED) is 0.587. The van der Waals surface area contributed by atoms with Gasteiger partial charge < -0.3 is 20.1 Å². The molecule has 168 valence electrons. The van der Waals surface area contributed by atoms with E-state index in [-0.39, 0.29) is 23.5 Å². The number of nitrogens with one attached hydrogen (secondary N) is 2. The van der Waals surface area contributed by atoms with Crippen LogP contribution in [0.15, 0.2) is 23.1 Å². The maximum Gasteiger partial charge on any atom is 0.343 e. The highest BCUT2D eigenvalue weighted by Gasteiger charge is 2.28. The van der Waals surface area contributed by atoms with Crippen molar-refractivity contribution < 1.29 is 27.5 Å². The number of rotatable bonds is 7. The molecule has 0 radical (unpaired) electrons. The van der Waals surface area contributed by atoms with Crippen molar-refractivity contribution >= 4 is 44.1 Å². The van der Waals surface area contributed by atoms with Crippen LogP contribution in [0.1, 0.15) is 21.6 Å². The Balaban J connectivity index is 1.67. The predicted octanol–water partition coefficient (Wildman–Crippen LogP) is 1.62. The number of aromatic nitrogens is 1. The minimum absolute atomic E-state index is 0.114. The van der Waals surface area contributed by atoms with Crippen molar-refractivity contribution in [1.29, 1.82) is 0 Å². The number of ether oxygens (including phenoxy) is 2. The van der Waals surface area contributed by atoms with Crippen LogP contribution in [0.5, 0.6) is 0 Å². The van der Waals surface area contributed by atoms with Gasteiger partial charge in [-0.05, 0) is 43.1 Å². The van der Waals surface area contributed by atoms with Gasteiger partial charge in [0.25, 0.3) is 5.91 Å². The molecule has 10 nitrogen and oxygen atoms in total. The average molecular weight is 469 g/mol. The molecule has 1 saturated heterocycles. The van der Waals surface area contributed by atoms with Crippen molar-refractivity contribution in [3.8, 4) is 0 Å². The van der Waals surface area contributed by atoms with Crippen molar-refractivity contribution in [2.75, 3.05) is 50.6 Å². The molecule has 2 aromatic rings. The van der Waals surface area contributed by atoms with E-state index in [2.05, 4.69) is 15.0 Å². The summed E-state index contributed by atoms with van der Waals surface area (Å²) in [6.07, 6.45) is 0. The lowest BCUT2D eigenvalue weighted by Gasteiger charge is -2.26. The van der Waals surface area contributed by atoms with E-state index in [1.807, 2.05) is 0 Å². The maximum absolute atomic E-state index is 13.0. The largest absolute Gasteiger partial charge is 0.452 e. The molecule has 1 aromatic carbocycles. The number of hydrogen-bond acceptors (Lipinski definition) is 9. The van der Waals surface area contributed by atoms with Gasteiger partial charge in [-0.3, -0.25) is 4.79 Å². The Morgan fingerprint density at radius 1 is 1.26 bits per heavy atom. The summed E-state index contributed by atoms with van der Waals surface area (Å²) in [5, 5.41) is 5.99. The van der Waals surface area contributed by atoms with Crippen molar-refractivity contribution in [3.63, 3.8) is 0 Å². The van der Waals surface area contributed by atoms with Gasteiger partial charge in [-0.1, -0.05) is 6.07 Å². The molecular weight excluding hydrogens is 444 g/mol. The first-order valence-electron chi connectivity index (χ1n) is 9.53. The van der Waals surface area contributed by atoms with Crippen LogP contribution in [0.3, 0.4) is 0 Å². The van der Waals surface area contributed by atoms with Gasteiger partial charge in [0.15, 0.2) is 6.61 Å². The third-order valence-corrected chi connectivity index (χ3v) is 7.68. The van der Waals surface area contributed by atoms with E-state index in [0.29, 0.717) is 35.2 Å². The highest BCUT2D eigenvalue weighted by atomic mass is 32.2. The normalized spacial score (nSPS) is 14.8. The van der Waals surface area contributed by atoms with E-state index in [0.717, 1.165) is 11.5 Å². The molecule has 12 heteroatoms. The summed E-state index contributed by atoms with van der Waals surface area (Å²) in [5.74, 6) is -1.25. The van der Waals surface area contributed by atoms with Crippen LogP contribution in [0.4, 0.5) is 10.7 Å². The van der Waals surface area contributed by atoms with E-state index in [1.165, 1.54) is 10.4 Å². The summed E-state index contributed by atoms with van der Waals surface area (Å²) in [7, 11) is -2.05. The Labute approximate surface area is 184 Å². The van der Waals surface area contributed by atoms with Gasteiger partial charge in [0.05, 0.1) is 23.8 Å². The van der Waals surface area contributed by atoms with Crippen LogP contribution >= 0.6 is 11.5 Å². The smallest absolute Gasteiger partial charge is 0.343 e. The summed E-state index contributed by atoms with van der Waals surface area (Å²) in [6, 6.07) is 4.62. The molecule has 1 amide bonds. The Hall–Kier alpha value is -2.54. The number of amides is 1. The maximum atomic E-state index is 13.0. The molecule has 0 bridgehead atoms. The summed E-state index contributed by atoms with van der Waals surface area (Å²) in [4.78, 5) is 24.7. The molecule has 1 aliphatic heterocycles. The number of nitrogens with zero attached hydrogens (tertiary/aromatic N) is 2. The van der Waals surface area contributed by atoms with Crippen LogP contribution in [0.25, 0.3) is 0 Å². The summed E-state index contributed by atoms with van der Waals surface area (Å²) in [6.45, 7) is 4.09. The van der Waals surface area contributed by atoms with Crippen LogP contribution in [-0.4, -0.2) is 68.9 Å². The van der Waals surface area contributed by atoms with Gasteiger partial charge in [-0.15, -0.1) is 0 Å². The third kappa shape index (κ3) is 5.21.